The van der Waals surface area contributed by atoms with Crippen LogP contribution in [-0.2, 0) is 4.79 Å². The lowest BCUT2D eigenvalue weighted by Crippen LogP contribution is -2.26. The standard InChI is InChI=1S/C23H23N7O2/c1-14(15-8-21(31)25-10-15)32-23-22-20(26-13-29(22)17-2-3-17)9-19(28-23)16-11-27-30(12-16)18-4-6-24-7-5-18/h4-7,9,11-15,17H,2-3,8,10H2,1H3,(H,25,31)/t14-,15?/m1/s1. The Morgan fingerprint density at radius 2 is 2.09 bits per heavy atom. The van der Waals surface area contributed by atoms with E-state index in [1.54, 1.807) is 23.3 Å². The molecule has 1 amide bonds. The second-order valence-corrected chi connectivity index (χ2v) is 8.53. The lowest BCUT2D eigenvalue weighted by molar-refractivity contribution is -0.119. The van der Waals surface area contributed by atoms with Crippen LogP contribution in [0.2, 0.25) is 0 Å². The van der Waals surface area contributed by atoms with E-state index in [4.69, 9.17) is 9.72 Å². The van der Waals surface area contributed by atoms with Gasteiger partial charge in [-0.05, 0) is 38.0 Å². The summed E-state index contributed by atoms with van der Waals surface area (Å²) in [5.74, 6) is 0.754. The van der Waals surface area contributed by atoms with E-state index in [1.807, 2.05) is 37.6 Å². The summed E-state index contributed by atoms with van der Waals surface area (Å²) in [6.07, 6.45) is 11.7. The molecule has 0 spiro atoms. The van der Waals surface area contributed by atoms with Crippen LogP contribution in [0.4, 0.5) is 0 Å². The molecule has 1 saturated carbocycles. The van der Waals surface area contributed by atoms with Crippen molar-refractivity contribution in [3.8, 4) is 22.8 Å². The van der Waals surface area contributed by atoms with Gasteiger partial charge in [0.05, 0.1) is 29.4 Å². The molecule has 1 saturated heterocycles. The van der Waals surface area contributed by atoms with Crippen molar-refractivity contribution in [2.45, 2.75) is 38.3 Å². The van der Waals surface area contributed by atoms with E-state index in [0.29, 0.717) is 24.9 Å². The van der Waals surface area contributed by atoms with Gasteiger partial charge in [-0.2, -0.15) is 5.10 Å². The number of carbonyl (C=O) groups excluding carboxylic acids is 1. The van der Waals surface area contributed by atoms with E-state index < -0.39 is 0 Å². The van der Waals surface area contributed by atoms with Crippen molar-refractivity contribution in [1.82, 2.24) is 34.6 Å². The van der Waals surface area contributed by atoms with Crippen molar-refractivity contribution in [3.05, 3.63) is 49.3 Å². The summed E-state index contributed by atoms with van der Waals surface area (Å²) < 4.78 is 10.4. The van der Waals surface area contributed by atoms with Crippen LogP contribution in [0.25, 0.3) is 28.0 Å². The first kappa shape index (κ1) is 19.0. The molecule has 6 rings (SSSR count). The Bertz CT molecular complexity index is 1290. The Hall–Kier alpha value is -3.75. The first-order valence-electron chi connectivity index (χ1n) is 10.9. The molecule has 162 valence electrons. The number of carbonyl (C=O) groups is 1. The van der Waals surface area contributed by atoms with Gasteiger partial charge in [-0.15, -0.1) is 0 Å². The highest BCUT2D eigenvalue weighted by Gasteiger charge is 2.31. The second-order valence-electron chi connectivity index (χ2n) is 8.53. The zero-order chi connectivity index (χ0) is 21.7. The van der Waals surface area contributed by atoms with Gasteiger partial charge in [0.2, 0.25) is 11.8 Å². The predicted molar refractivity (Wildman–Crippen MR) is 117 cm³/mol. The molecule has 1 N–H and O–H groups in total. The molecule has 4 aromatic heterocycles. The first-order chi connectivity index (χ1) is 15.7. The number of fused-ring (bicyclic) bond motifs is 1. The summed E-state index contributed by atoms with van der Waals surface area (Å²) in [5, 5.41) is 7.38. The third-order valence-electron chi connectivity index (χ3n) is 6.24. The lowest BCUT2D eigenvalue weighted by Gasteiger charge is -2.20. The molecule has 32 heavy (non-hydrogen) atoms. The van der Waals surface area contributed by atoms with Crippen molar-refractivity contribution in [2.24, 2.45) is 5.92 Å². The molecular weight excluding hydrogens is 406 g/mol. The Balaban J connectivity index is 1.39. The molecule has 5 heterocycles. The van der Waals surface area contributed by atoms with Crippen LogP contribution in [0.3, 0.4) is 0 Å². The van der Waals surface area contributed by atoms with Gasteiger partial charge < -0.3 is 14.6 Å². The van der Waals surface area contributed by atoms with E-state index in [9.17, 15) is 4.79 Å². The topological polar surface area (TPSA) is 99.8 Å². The summed E-state index contributed by atoms with van der Waals surface area (Å²) in [5.41, 5.74) is 4.32. The maximum atomic E-state index is 11.7. The molecule has 4 aromatic rings. The van der Waals surface area contributed by atoms with Gasteiger partial charge in [0.15, 0.2) is 0 Å². The zero-order valence-electron chi connectivity index (χ0n) is 17.7. The fraction of sp³-hybridized carbons (Fsp3) is 0.348. The maximum Gasteiger partial charge on any atom is 0.241 e. The number of hydrogen-bond donors (Lipinski definition) is 1. The van der Waals surface area contributed by atoms with E-state index in [0.717, 1.165) is 40.8 Å². The van der Waals surface area contributed by atoms with Crippen LogP contribution in [0.15, 0.2) is 49.3 Å². The number of imidazole rings is 1. The number of hydrogen-bond acceptors (Lipinski definition) is 6. The molecule has 2 fully saturated rings. The van der Waals surface area contributed by atoms with Gasteiger partial charge in [0.25, 0.3) is 0 Å². The number of amides is 1. The number of nitrogens with zero attached hydrogens (tertiary/aromatic N) is 6. The molecule has 2 atom stereocenters. The molecule has 1 aliphatic carbocycles. The molecule has 1 unspecified atom stereocenters. The minimum atomic E-state index is -0.151. The SMILES string of the molecule is C[C@@H](Oc1nc(-c2cnn(-c3ccncc3)c2)cc2ncn(C3CC3)c12)C1CNC(=O)C1. The van der Waals surface area contributed by atoms with Crippen molar-refractivity contribution in [1.29, 1.82) is 0 Å². The van der Waals surface area contributed by atoms with E-state index in [1.165, 1.54) is 0 Å². The Morgan fingerprint density at radius 1 is 1.25 bits per heavy atom. The summed E-state index contributed by atoms with van der Waals surface area (Å²) in [6, 6.07) is 6.24. The van der Waals surface area contributed by atoms with Crippen LogP contribution < -0.4 is 10.1 Å². The van der Waals surface area contributed by atoms with E-state index in [2.05, 4.69) is 25.0 Å². The highest BCUT2D eigenvalue weighted by atomic mass is 16.5. The predicted octanol–water partition coefficient (Wildman–Crippen LogP) is 2.92. The van der Waals surface area contributed by atoms with Crippen molar-refractivity contribution in [3.63, 3.8) is 0 Å². The highest BCUT2D eigenvalue weighted by Crippen LogP contribution is 2.40. The van der Waals surface area contributed by atoms with Gasteiger partial charge in [-0.3, -0.25) is 9.78 Å². The fourth-order valence-corrected chi connectivity index (χ4v) is 4.21. The number of pyridine rings is 2. The third-order valence-corrected chi connectivity index (χ3v) is 6.24. The molecular formula is C23H23N7O2. The Labute approximate surface area is 184 Å². The zero-order valence-corrected chi connectivity index (χ0v) is 17.7. The molecule has 2 aliphatic rings. The fourth-order valence-electron chi connectivity index (χ4n) is 4.21. The van der Waals surface area contributed by atoms with E-state index >= 15 is 0 Å². The molecule has 1 aliphatic heterocycles. The largest absolute Gasteiger partial charge is 0.473 e. The molecule has 0 radical (unpaired) electrons. The average molecular weight is 429 g/mol. The summed E-state index contributed by atoms with van der Waals surface area (Å²) in [4.78, 5) is 25.3. The maximum absolute atomic E-state index is 11.7. The number of aromatic nitrogens is 6. The number of nitrogens with one attached hydrogen (secondary N) is 1. The normalized spacial score (nSPS) is 19.3. The van der Waals surface area contributed by atoms with Crippen molar-refractivity contribution in [2.75, 3.05) is 6.54 Å². The van der Waals surface area contributed by atoms with Gasteiger partial charge in [-0.25, -0.2) is 14.6 Å². The van der Waals surface area contributed by atoms with Crippen LogP contribution in [-0.4, -0.2) is 47.9 Å². The molecule has 9 nitrogen and oxygen atoms in total. The van der Waals surface area contributed by atoms with Crippen LogP contribution >= 0.6 is 0 Å². The highest BCUT2D eigenvalue weighted by molar-refractivity contribution is 5.85. The van der Waals surface area contributed by atoms with Crippen LogP contribution in [0, 0.1) is 5.92 Å². The quantitative estimate of drug-likeness (QED) is 0.506. The monoisotopic (exact) mass is 429 g/mol. The van der Waals surface area contributed by atoms with Crippen molar-refractivity contribution >= 4 is 16.9 Å². The lowest BCUT2D eigenvalue weighted by atomic mass is 10.0. The Kier molecular flexibility index (Phi) is 4.41. The number of ether oxygens (including phenoxy) is 1. The van der Waals surface area contributed by atoms with Gasteiger partial charge in [0.1, 0.15) is 11.6 Å². The third kappa shape index (κ3) is 3.39. The minimum Gasteiger partial charge on any atom is -0.473 e. The van der Waals surface area contributed by atoms with Gasteiger partial charge in [-0.1, -0.05) is 0 Å². The van der Waals surface area contributed by atoms with Gasteiger partial charge in [0, 0.05) is 49.1 Å². The minimum absolute atomic E-state index is 0.0730. The van der Waals surface area contributed by atoms with Crippen LogP contribution in [0.1, 0.15) is 32.2 Å². The second kappa shape index (κ2) is 7.44. The summed E-state index contributed by atoms with van der Waals surface area (Å²) in [6.45, 7) is 2.63. The summed E-state index contributed by atoms with van der Waals surface area (Å²) in [7, 11) is 0. The first-order valence-corrected chi connectivity index (χ1v) is 10.9. The number of rotatable bonds is 6. The smallest absolute Gasteiger partial charge is 0.241 e. The van der Waals surface area contributed by atoms with Crippen molar-refractivity contribution < 1.29 is 9.53 Å². The average Bonchev–Trinajstić information content (AvgIpc) is 3.19. The molecule has 0 aromatic carbocycles. The molecule has 9 heteroatoms. The van der Waals surface area contributed by atoms with E-state index in [-0.39, 0.29) is 17.9 Å². The van der Waals surface area contributed by atoms with Gasteiger partial charge >= 0.3 is 0 Å². The Morgan fingerprint density at radius 3 is 2.84 bits per heavy atom. The van der Waals surface area contributed by atoms with Crippen LogP contribution in [0.5, 0.6) is 5.88 Å². The summed E-state index contributed by atoms with van der Waals surface area (Å²) >= 11 is 0. The molecule has 0 bridgehead atoms.